The molecule has 7 nitrogen and oxygen atoms in total. The zero-order valence-electron chi connectivity index (χ0n) is 17.6. The van der Waals surface area contributed by atoms with E-state index in [0.29, 0.717) is 17.9 Å². The number of nitrogens with zero attached hydrogens (tertiary/aromatic N) is 3. The molecule has 0 unspecified atom stereocenters. The molecule has 31 heavy (non-hydrogen) atoms. The summed E-state index contributed by atoms with van der Waals surface area (Å²) in [5.74, 6) is 2.17. The zero-order valence-corrected chi connectivity index (χ0v) is 17.6. The van der Waals surface area contributed by atoms with E-state index < -0.39 is 0 Å². The predicted molar refractivity (Wildman–Crippen MR) is 116 cm³/mol. The highest BCUT2D eigenvalue weighted by Gasteiger charge is 2.35. The van der Waals surface area contributed by atoms with E-state index in [-0.39, 0.29) is 18.1 Å². The molecule has 160 valence electrons. The van der Waals surface area contributed by atoms with Gasteiger partial charge in [-0.25, -0.2) is 9.67 Å². The molecule has 0 atom stereocenters. The molecule has 0 bridgehead atoms. The Hall–Kier alpha value is -3.35. The Labute approximate surface area is 181 Å². The minimum atomic E-state index is -0.106. The van der Waals surface area contributed by atoms with Crippen molar-refractivity contribution in [2.75, 3.05) is 13.3 Å². The van der Waals surface area contributed by atoms with Crippen molar-refractivity contribution in [3.8, 4) is 17.3 Å². The number of aromatic nitrogens is 3. The van der Waals surface area contributed by atoms with Gasteiger partial charge in [0.15, 0.2) is 17.3 Å². The van der Waals surface area contributed by atoms with Gasteiger partial charge in [-0.2, -0.15) is 5.10 Å². The topological polar surface area (TPSA) is 78.3 Å². The zero-order chi connectivity index (χ0) is 21.3. The molecular weight excluding hydrogens is 392 g/mol. The van der Waals surface area contributed by atoms with Crippen LogP contribution in [-0.2, 0) is 5.41 Å². The number of carbonyl (C=O) groups is 1. The molecule has 1 fully saturated rings. The maximum Gasteiger partial charge on any atom is 0.254 e. The standard InChI is InChI=1S/C24H26N4O3/c1-17-19(14-27-28(17)22-7-3-6-12-25-22)23(29)26-15-24(10-4-2-5-11-24)18-8-9-20-21(13-18)31-16-30-20/h3,6-9,12-14H,2,4-5,10-11,15-16H2,1H3,(H,26,29). The van der Waals surface area contributed by atoms with Crippen LogP contribution >= 0.6 is 0 Å². The highest BCUT2D eigenvalue weighted by Crippen LogP contribution is 2.43. The van der Waals surface area contributed by atoms with Crippen molar-refractivity contribution in [2.45, 2.75) is 44.4 Å². The van der Waals surface area contributed by atoms with E-state index in [9.17, 15) is 4.79 Å². The first-order valence-corrected chi connectivity index (χ1v) is 10.8. The van der Waals surface area contributed by atoms with Crippen LogP contribution < -0.4 is 14.8 Å². The number of nitrogens with one attached hydrogen (secondary N) is 1. The van der Waals surface area contributed by atoms with E-state index in [4.69, 9.17) is 9.47 Å². The summed E-state index contributed by atoms with van der Waals surface area (Å²) in [5, 5.41) is 7.58. The van der Waals surface area contributed by atoms with E-state index in [1.165, 1.54) is 12.0 Å². The maximum atomic E-state index is 13.1. The summed E-state index contributed by atoms with van der Waals surface area (Å²) in [4.78, 5) is 17.4. The largest absolute Gasteiger partial charge is 0.454 e. The van der Waals surface area contributed by atoms with Gasteiger partial charge < -0.3 is 14.8 Å². The van der Waals surface area contributed by atoms with E-state index in [1.54, 1.807) is 17.1 Å². The van der Waals surface area contributed by atoms with Crippen LogP contribution in [0.5, 0.6) is 11.5 Å². The number of rotatable bonds is 5. The number of pyridine rings is 1. The summed E-state index contributed by atoms with van der Waals surface area (Å²) in [6, 6.07) is 11.8. The Bertz CT molecular complexity index is 1090. The molecule has 5 rings (SSSR count). The number of hydrogen-bond acceptors (Lipinski definition) is 5. The van der Waals surface area contributed by atoms with Gasteiger partial charge >= 0.3 is 0 Å². The van der Waals surface area contributed by atoms with Crippen molar-refractivity contribution in [1.29, 1.82) is 0 Å². The average Bonchev–Trinajstić information content (AvgIpc) is 3.44. The second kappa shape index (κ2) is 8.06. The molecule has 3 heterocycles. The molecule has 1 aliphatic carbocycles. The molecule has 0 radical (unpaired) electrons. The van der Waals surface area contributed by atoms with Gasteiger partial charge in [0.1, 0.15) is 0 Å². The van der Waals surface area contributed by atoms with E-state index in [2.05, 4.69) is 27.5 Å². The van der Waals surface area contributed by atoms with Crippen LogP contribution in [0.2, 0.25) is 0 Å². The van der Waals surface area contributed by atoms with Crippen molar-refractivity contribution in [2.24, 2.45) is 0 Å². The number of carbonyl (C=O) groups excluding carboxylic acids is 1. The molecule has 0 spiro atoms. The van der Waals surface area contributed by atoms with Crippen LogP contribution in [0, 0.1) is 6.92 Å². The van der Waals surface area contributed by atoms with Crippen molar-refractivity contribution in [3.05, 3.63) is 65.6 Å². The second-order valence-corrected chi connectivity index (χ2v) is 8.34. The monoisotopic (exact) mass is 418 g/mol. The number of hydrogen-bond donors (Lipinski definition) is 1. The Morgan fingerprint density at radius 2 is 1.97 bits per heavy atom. The van der Waals surface area contributed by atoms with Gasteiger partial charge in [-0.3, -0.25) is 4.79 Å². The van der Waals surface area contributed by atoms with Gasteiger partial charge in [0.2, 0.25) is 6.79 Å². The summed E-state index contributed by atoms with van der Waals surface area (Å²) in [5.41, 5.74) is 2.46. The number of benzene rings is 1. The molecule has 1 saturated carbocycles. The van der Waals surface area contributed by atoms with Crippen LogP contribution in [0.3, 0.4) is 0 Å². The number of fused-ring (bicyclic) bond motifs is 1. The third-order valence-corrected chi connectivity index (χ3v) is 6.50. The third kappa shape index (κ3) is 3.65. The summed E-state index contributed by atoms with van der Waals surface area (Å²) in [6.07, 6.45) is 8.96. The summed E-state index contributed by atoms with van der Waals surface area (Å²) < 4.78 is 12.8. The lowest BCUT2D eigenvalue weighted by Crippen LogP contribution is -2.42. The van der Waals surface area contributed by atoms with Crippen LogP contribution in [0.15, 0.2) is 48.8 Å². The molecule has 2 aliphatic rings. The third-order valence-electron chi connectivity index (χ3n) is 6.50. The highest BCUT2D eigenvalue weighted by atomic mass is 16.7. The molecular formula is C24H26N4O3. The van der Waals surface area contributed by atoms with Gasteiger partial charge in [-0.15, -0.1) is 0 Å². The van der Waals surface area contributed by atoms with E-state index >= 15 is 0 Å². The van der Waals surface area contributed by atoms with Gasteiger partial charge in [-0.1, -0.05) is 31.4 Å². The van der Waals surface area contributed by atoms with Gasteiger partial charge in [0.05, 0.1) is 17.5 Å². The molecule has 1 amide bonds. The molecule has 1 N–H and O–H groups in total. The molecule has 3 aromatic rings. The minimum absolute atomic E-state index is 0.0974. The SMILES string of the molecule is Cc1c(C(=O)NCC2(c3ccc4c(c3)OCO4)CCCCC2)cnn1-c1ccccn1. The van der Waals surface area contributed by atoms with Crippen LogP contribution in [-0.4, -0.2) is 34.0 Å². The Balaban J connectivity index is 1.37. The fourth-order valence-corrected chi connectivity index (χ4v) is 4.71. The fraction of sp³-hybridized carbons (Fsp3) is 0.375. The van der Waals surface area contributed by atoms with E-state index in [1.807, 2.05) is 31.2 Å². The van der Waals surface area contributed by atoms with Crippen molar-refractivity contribution < 1.29 is 14.3 Å². The second-order valence-electron chi connectivity index (χ2n) is 8.34. The average molecular weight is 418 g/mol. The van der Waals surface area contributed by atoms with Crippen molar-refractivity contribution in [1.82, 2.24) is 20.1 Å². The number of amides is 1. The van der Waals surface area contributed by atoms with Gasteiger partial charge in [0.25, 0.3) is 5.91 Å². The summed E-state index contributed by atoms with van der Waals surface area (Å²) in [7, 11) is 0. The van der Waals surface area contributed by atoms with Gasteiger partial charge in [0, 0.05) is 18.2 Å². The highest BCUT2D eigenvalue weighted by molar-refractivity contribution is 5.95. The van der Waals surface area contributed by atoms with Crippen molar-refractivity contribution in [3.63, 3.8) is 0 Å². The summed E-state index contributed by atoms with van der Waals surface area (Å²) >= 11 is 0. The molecule has 2 aromatic heterocycles. The van der Waals surface area contributed by atoms with Crippen LogP contribution in [0.1, 0.15) is 53.7 Å². The molecule has 1 aromatic carbocycles. The molecule has 0 saturated heterocycles. The Morgan fingerprint density at radius 3 is 2.77 bits per heavy atom. The quantitative estimate of drug-likeness (QED) is 0.679. The first kappa shape index (κ1) is 19.6. The summed E-state index contributed by atoms with van der Waals surface area (Å²) in [6.45, 7) is 2.74. The van der Waals surface area contributed by atoms with Gasteiger partial charge in [-0.05, 0) is 49.6 Å². The fourth-order valence-electron chi connectivity index (χ4n) is 4.71. The van der Waals surface area contributed by atoms with Crippen LogP contribution in [0.25, 0.3) is 5.82 Å². The first-order valence-electron chi connectivity index (χ1n) is 10.8. The maximum absolute atomic E-state index is 13.1. The van der Waals surface area contributed by atoms with E-state index in [0.717, 1.165) is 42.9 Å². The minimum Gasteiger partial charge on any atom is -0.454 e. The lowest BCUT2D eigenvalue weighted by Gasteiger charge is -2.38. The molecule has 1 aliphatic heterocycles. The van der Waals surface area contributed by atoms with Crippen LogP contribution in [0.4, 0.5) is 0 Å². The smallest absolute Gasteiger partial charge is 0.254 e. The predicted octanol–water partition coefficient (Wildman–Crippen LogP) is 3.94. The lowest BCUT2D eigenvalue weighted by molar-refractivity contribution is 0.0936. The normalized spacial score (nSPS) is 16.8. The number of ether oxygens (including phenoxy) is 2. The Kier molecular flexibility index (Phi) is 5.10. The molecule has 7 heteroatoms. The van der Waals surface area contributed by atoms with Crippen molar-refractivity contribution >= 4 is 5.91 Å². The lowest BCUT2D eigenvalue weighted by atomic mass is 9.69. The Morgan fingerprint density at radius 1 is 1.13 bits per heavy atom. The first-order chi connectivity index (χ1) is 15.2.